The van der Waals surface area contributed by atoms with Crippen LogP contribution < -0.4 is 9.64 Å². The van der Waals surface area contributed by atoms with E-state index in [-0.39, 0.29) is 24.8 Å². The van der Waals surface area contributed by atoms with Crippen molar-refractivity contribution in [3.8, 4) is 11.8 Å². The molecule has 126 valence electrons. The molecule has 0 bridgehead atoms. The molecule has 5 heteroatoms. The number of carbonyl (C=O) groups excluding carboxylic acids is 2. The molecule has 1 aliphatic carbocycles. The highest BCUT2D eigenvalue weighted by Gasteiger charge is 2.19. The van der Waals surface area contributed by atoms with E-state index in [1.165, 1.54) is 4.90 Å². The molecule has 0 spiro atoms. The number of para-hydroxylation sites is 1. The number of aryl methyl sites for hydroxylation is 1. The van der Waals surface area contributed by atoms with Gasteiger partial charge in [-0.1, -0.05) is 18.2 Å². The van der Waals surface area contributed by atoms with Crippen LogP contribution in [0.2, 0.25) is 0 Å². The van der Waals surface area contributed by atoms with Crippen molar-refractivity contribution in [3.63, 3.8) is 0 Å². The number of ketones is 1. The Bertz CT molecular complexity index is 825. The van der Waals surface area contributed by atoms with Crippen LogP contribution in [0.4, 0.5) is 5.69 Å². The lowest BCUT2D eigenvalue weighted by atomic mass is 9.91. The highest BCUT2D eigenvalue weighted by molar-refractivity contribution is 5.98. The Labute approximate surface area is 146 Å². The van der Waals surface area contributed by atoms with Crippen molar-refractivity contribution in [1.29, 1.82) is 5.26 Å². The molecule has 0 unspecified atom stereocenters. The summed E-state index contributed by atoms with van der Waals surface area (Å²) in [5, 5.41) is 8.97. The zero-order valence-electron chi connectivity index (χ0n) is 13.8. The van der Waals surface area contributed by atoms with Crippen LogP contribution in [0.25, 0.3) is 0 Å². The van der Waals surface area contributed by atoms with Crippen molar-refractivity contribution in [1.82, 2.24) is 0 Å². The Morgan fingerprint density at radius 1 is 1.16 bits per heavy atom. The van der Waals surface area contributed by atoms with Crippen LogP contribution >= 0.6 is 0 Å². The Hall–Kier alpha value is -3.13. The van der Waals surface area contributed by atoms with E-state index in [0.29, 0.717) is 17.9 Å². The molecule has 3 rings (SSSR count). The van der Waals surface area contributed by atoms with Gasteiger partial charge >= 0.3 is 0 Å². The second-order valence-electron chi connectivity index (χ2n) is 5.86. The molecule has 1 amide bonds. The van der Waals surface area contributed by atoms with E-state index in [0.717, 1.165) is 24.0 Å². The lowest BCUT2D eigenvalue weighted by Crippen LogP contribution is -2.35. The predicted octanol–water partition coefficient (Wildman–Crippen LogP) is 3.14. The average molecular weight is 334 g/mol. The minimum Gasteiger partial charge on any atom is -0.484 e. The number of Topliss-reactive ketones (excluding diaryl/α,β-unsaturated/α-hetero) is 1. The summed E-state index contributed by atoms with van der Waals surface area (Å²) in [6.45, 7) is -0.200. The molecular formula is C20H18N2O3. The van der Waals surface area contributed by atoms with Crippen LogP contribution in [0.15, 0.2) is 48.5 Å². The van der Waals surface area contributed by atoms with Crippen molar-refractivity contribution < 1.29 is 14.3 Å². The first-order valence-electron chi connectivity index (χ1n) is 8.20. The van der Waals surface area contributed by atoms with Gasteiger partial charge in [0.1, 0.15) is 12.3 Å². The Kier molecular flexibility index (Phi) is 5.10. The zero-order valence-corrected chi connectivity index (χ0v) is 13.8. The summed E-state index contributed by atoms with van der Waals surface area (Å²) in [7, 11) is 0. The molecule has 1 aliphatic rings. The topological polar surface area (TPSA) is 70.4 Å². The quantitative estimate of drug-likeness (QED) is 0.788. The van der Waals surface area contributed by atoms with Gasteiger partial charge in [0.15, 0.2) is 12.4 Å². The number of hydrogen-bond acceptors (Lipinski definition) is 4. The van der Waals surface area contributed by atoms with Gasteiger partial charge in [0, 0.05) is 17.7 Å². The number of ether oxygens (including phenoxy) is 1. The number of fused-ring (bicyclic) bond motifs is 1. The number of nitriles is 1. The number of benzene rings is 2. The average Bonchev–Trinajstić information content (AvgIpc) is 2.65. The smallest absolute Gasteiger partial charge is 0.265 e. The van der Waals surface area contributed by atoms with Crippen LogP contribution in [-0.4, -0.2) is 24.8 Å². The highest BCUT2D eigenvalue weighted by Crippen LogP contribution is 2.25. The molecule has 0 heterocycles. The normalized spacial score (nSPS) is 12.8. The summed E-state index contributed by atoms with van der Waals surface area (Å²) in [6.07, 6.45) is 2.28. The fraction of sp³-hybridized carbons (Fsp3) is 0.250. The summed E-state index contributed by atoms with van der Waals surface area (Å²) in [5.41, 5.74) is 2.38. The zero-order chi connectivity index (χ0) is 17.6. The monoisotopic (exact) mass is 334 g/mol. The maximum Gasteiger partial charge on any atom is 0.265 e. The maximum absolute atomic E-state index is 12.4. The molecule has 0 N–H and O–H groups in total. The summed E-state index contributed by atoms with van der Waals surface area (Å²) >= 11 is 0. The molecule has 5 nitrogen and oxygen atoms in total. The molecule has 0 radical (unpaired) electrons. The maximum atomic E-state index is 12.4. The Morgan fingerprint density at radius 3 is 2.72 bits per heavy atom. The van der Waals surface area contributed by atoms with Gasteiger partial charge in [-0.05, 0) is 48.7 Å². The van der Waals surface area contributed by atoms with Crippen molar-refractivity contribution >= 4 is 17.4 Å². The van der Waals surface area contributed by atoms with E-state index in [1.807, 2.05) is 30.3 Å². The first kappa shape index (κ1) is 16.7. The third-order valence-corrected chi connectivity index (χ3v) is 4.19. The number of hydrogen-bond donors (Lipinski definition) is 0. The first-order valence-corrected chi connectivity index (χ1v) is 8.20. The molecule has 0 saturated heterocycles. The third-order valence-electron chi connectivity index (χ3n) is 4.19. The number of amides is 1. The van der Waals surface area contributed by atoms with Crippen LogP contribution in [0, 0.1) is 11.3 Å². The Balaban J connectivity index is 1.69. The molecule has 0 fully saturated rings. The van der Waals surface area contributed by atoms with Crippen LogP contribution in [0.3, 0.4) is 0 Å². The van der Waals surface area contributed by atoms with Crippen LogP contribution in [0.5, 0.6) is 5.75 Å². The molecule has 0 atom stereocenters. The standard InChI is InChI=1S/C20H18N2O3/c21-11-12-22(16-6-2-1-3-7-16)20(24)14-25-17-9-10-18-15(13-17)5-4-8-19(18)23/h1-3,6-7,9-10,13H,4-5,8,12,14H2. The molecular weight excluding hydrogens is 316 g/mol. The minimum absolute atomic E-state index is 0.0368. The van der Waals surface area contributed by atoms with E-state index >= 15 is 0 Å². The van der Waals surface area contributed by atoms with Crippen molar-refractivity contribution in [2.75, 3.05) is 18.1 Å². The van der Waals surface area contributed by atoms with E-state index in [9.17, 15) is 9.59 Å². The van der Waals surface area contributed by atoms with Crippen LogP contribution in [-0.2, 0) is 11.2 Å². The number of nitrogens with zero attached hydrogens (tertiary/aromatic N) is 2. The fourth-order valence-electron chi connectivity index (χ4n) is 2.94. The molecule has 2 aromatic carbocycles. The Morgan fingerprint density at radius 2 is 1.96 bits per heavy atom. The number of carbonyl (C=O) groups is 2. The van der Waals surface area contributed by atoms with E-state index in [2.05, 4.69) is 0 Å². The summed E-state index contributed by atoms with van der Waals surface area (Å²) in [4.78, 5) is 25.7. The number of rotatable bonds is 5. The van der Waals surface area contributed by atoms with Crippen LogP contribution in [0.1, 0.15) is 28.8 Å². The van der Waals surface area contributed by atoms with Gasteiger partial charge in [0.25, 0.3) is 5.91 Å². The first-order chi connectivity index (χ1) is 12.2. The van der Waals surface area contributed by atoms with Gasteiger partial charge in [-0.25, -0.2) is 0 Å². The third kappa shape index (κ3) is 3.86. The second kappa shape index (κ2) is 7.63. The number of anilines is 1. The molecule has 0 saturated carbocycles. The molecule has 25 heavy (non-hydrogen) atoms. The predicted molar refractivity (Wildman–Crippen MR) is 93.6 cm³/mol. The van der Waals surface area contributed by atoms with Gasteiger partial charge in [-0.15, -0.1) is 0 Å². The van der Waals surface area contributed by atoms with Gasteiger partial charge in [-0.2, -0.15) is 5.26 Å². The SMILES string of the molecule is N#CCN(C(=O)COc1ccc2c(c1)CCCC2=O)c1ccccc1. The highest BCUT2D eigenvalue weighted by atomic mass is 16.5. The summed E-state index contributed by atoms with van der Waals surface area (Å²) in [6, 6.07) is 16.3. The van der Waals surface area contributed by atoms with Crippen molar-refractivity contribution in [3.05, 3.63) is 59.7 Å². The molecule has 0 aliphatic heterocycles. The summed E-state index contributed by atoms with van der Waals surface area (Å²) < 4.78 is 5.61. The second-order valence-corrected chi connectivity index (χ2v) is 5.86. The van der Waals surface area contributed by atoms with Crippen molar-refractivity contribution in [2.45, 2.75) is 19.3 Å². The van der Waals surface area contributed by atoms with E-state index in [1.54, 1.807) is 24.3 Å². The molecule has 0 aromatic heterocycles. The lowest BCUT2D eigenvalue weighted by molar-refractivity contribution is -0.120. The van der Waals surface area contributed by atoms with Gasteiger partial charge in [0.05, 0.1) is 6.07 Å². The largest absolute Gasteiger partial charge is 0.484 e. The van der Waals surface area contributed by atoms with Crippen molar-refractivity contribution in [2.24, 2.45) is 0 Å². The van der Waals surface area contributed by atoms with Gasteiger partial charge in [0.2, 0.25) is 0 Å². The summed E-state index contributed by atoms with van der Waals surface area (Å²) in [5.74, 6) is 0.432. The molecule has 2 aromatic rings. The van der Waals surface area contributed by atoms with E-state index < -0.39 is 0 Å². The van der Waals surface area contributed by atoms with Gasteiger partial charge < -0.3 is 4.74 Å². The van der Waals surface area contributed by atoms with Gasteiger partial charge in [-0.3, -0.25) is 14.5 Å². The van der Waals surface area contributed by atoms with E-state index in [4.69, 9.17) is 10.00 Å². The minimum atomic E-state index is -0.290. The fourth-order valence-corrected chi connectivity index (χ4v) is 2.94. The lowest BCUT2D eigenvalue weighted by Gasteiger charge is -2.20.